The first-order chi connectivity index (χ1) is 15.2. The van der Waals surface area contributed by atoms with Crippen molar-refractivity contribution in [3.63, 3.8) is 0 Å². The molecule has 2 N–H and O–H groups in total. The molecule has 1 aromatic heterocycles. The molecule has 2 heterocycles. The molecule has 0 amide bonds. The molecule has 6 nitrogen and oxygen atoms in total. The second-order valence-corrected chi connectivity index (χ2v) is 8.10. The van der Waals surface area contributed by atoms with Crippen molar-refractivity contribution in [1.29, 1.82) is 0 Å². The molecule has 2 fully saturated rings. The standard InChI is InChI=1S/C24H25FN4O2/c25-21-14-18(6-7-20(21)17-4-2-1-3-5-17)24(8-9-24)22-15-19(31-28-22)16-27-23(26)29-10-12-30-13-11-29/h1-7,14-15H,8-13,16H2,(H2,26,27). The Morgan fingerprint density at radius 2 is 1.87 bits per heavy atom. The van der Waals surface area contributed by atoms with Gasteiger partial charge in [-0.2, -0.15) is 0 Å². The lowest BCUT2D eigenvalue weighted by Crippen LogP contribution is -2.44. The molecule has 2 aromatic carbocycles. The lowest BCUT2D eigenvalue weighted by Gasteiger charge is -2.27. The third-order valence-corrected chi connectivity index (χ3v) is 6.14. The predicted molar refractivity (Wildman–Crippen MR) is 116 cm³/mol. The van der Waals surface area contributed by atoms with Gasteiger partial charge in [0.05, 0.1) is 18.9 Å². The van der Waals surface area contributed by atoms with Gasteiger partial charge in [-0.05, 0) is 30.0 Å². The van der Waals surface area contributed by atoms with E-state index < -0.39 is 0 Å². The molecular formula is C24H25FN4O2. The Morgan fingerprint density at radius 3 is 2.58 bits per heavy atom. The molecule has 5 rings (SSSR count). The number of ether oxygens (including phenoxy) is 1. The summed E-state index contributed by atoms with van der Waals surface area (Å²) in [4.78, 5) is 6.44. The number of benzene rings is 2. The van der Waals surface area contributed by atoms with Crippen LogP contribution in [0.3, 0.4) is 0 Å². The Bertz CT molecular complexity index is 1090. The van der Waals surface area contributed by atoms with Gasteiger partial charge >= 0.3 is 0 Å². The highest BCUT2D eigenvalue weighted by Crippen LogP contribution is 2.53. The van der Waals surface area contributed by atoms with Crippen molar-refractivity contribution in [2.75, 3.05) is 26.3 Å². The number of guanidine groups is 1. The molecule has 0 bridgehead atoms. The number of nitrogens with zero attached hydrogens (tertiary/aromatic N) is 3. The number of aliphatic imine (C=N–C) groups is 1. The van der Waals surface area contributed by atoms with Gasteiger partial charge in [-0.1, -0.05) is 47.6 Å². The topological polar surface area (TPSA) is 76.9 Å². The van der Waals surface area contributed by atoms with Crippen molar-refractivity contribution >= 4 is 5.96 Å². The Labute approximate surface area is 180 Å². The highest BCUT2D eigenvalue weighted by Gasteiger charge is 2.48. The molecule has 7 heteroatoms. The van der Waals surface area contributed by atoms with E-state index >= 15 is 0 Å². The minimum Gasteiger partial charge on any atom is -0.378 e. The van der Waals surface area contributed by atoms with E-state index in [9.17, 15) is 4.39 Å². The van der Waals surface area contributed by atoms with Gasteiger partial charge in [0.2, 0.25) is 0 Å². The van der Waals surface area contributed by atoms with Gasteiger partial charge in [-0.25, -0.2) is 9.38 Å². The van der Waals surface area contributed by atoms with E-state index in [0.717, 1.165) is 42.8 Å². The molecule has 160 valence electrons. The van der Waals surface area contributed by atoms with Crippen LogP contribution in [0.2, 0.25) is 0 Å². The van der Waals surface area contributed by atoms with Crippen molar-refractivity contribution < 1.29 is 13.7 Å². The summed E-state index contributed by atoms with van der Waals surface area (Å²) in [5, 5.41) is 4.29. The van der Waals surface area contributed by atoms with Gasteiger partial charge in [0.1, 0.15) is 12.4 Å². The van der Waals surface area contributed by atoms with E-state index in [1.54, 1.807) is 6.07 Å². The summed E-state index contributed by atoms with van der Waals surface area (Å²) >= 11 is 0. The Morgan fingerprint density at radius 1 is 1.10 bits per heavy atom. The zero-order valence-corrected chi connectivity index (χ0v) is 17.3. The monoisotopic (exact) mass is 420 g/mol. The quantitative estimate of drug-likeness (QED) is 0.503. The maximum Gasteiger partial charge on any atom is 0.191 e. The van der Waals surface area contributed by atoms with Gasteiger partial charge in [0.25, 0.3) is 0 Å². The van der Waals surface area contributed by atoms with Crippen molar-refractivity contribution in [3.05, 3.63) is 77.4 Å². The van der Waals surface area contributed by atoms with E-state index in [-0.39, 0.29) is 11.2 Å². The molecule has 0 radical (unpaired) electrons. The van der Waals surface area contributed by atoms with Gasteiger partial charge in [0, 0.05) is 30.1 Å². The van der Waals surface area contributed by atoms with Crippen LogP contribution in [0.1, 0.15) is 29.9 Å². The first-order valence-corrected chi connectivity index (χ1v) is 10.6. The maximum absolute atomic E-state index is 14.9. The Balaban J connectivity index is 1.33. The summed E-state index contributed by atoms with van der Waals surface area (Å²) in [6.45, 7) is 3.12. The zero-order valence-electron chi connectivity index (χ0n) is 17.3. The molecule has 2 aliphatic rings. The minimum atomic E-state index is -0.280. The van der Waals surface area contributed by atoms with E-state index in [1.165, 1.54) is 0 Å². The SMILES string of the molecule is N/C(=N\Cc1cc(C2(c3ccc(-c4ccccc4)c(F)c3)CC2)no1)N1CCOCC1. The number of morpholine rings is 1. The van der Waals surface area contributed by atoms with Crippen molar-refractivity contribution in [2.24, 2.45) is 10.7 Å². The van der Waals surface area contributed by atoms with E-state index in [2.05, 4.69) is 10.1 Å². The van der Waals surface area contributed by atoms with Crippen LogP contribution in [0.25, 0.3) is 11.1 Å². The van der Waals surface area contributed by atoms with Crippen molar-refractivity contribution in [2.45, 2.75) is 24.8 Å². The zero-order chi connectivity index (χ0) is 21.3. The summed E-state index contributed by atoms with van der Waals surface area (Å²) in [6.07, 6.45) is 1.84. The number of nitrogens with two attached hydrogens (primary N) is 1. The molecule has 0 spiro atoms. The number of halogens is 1. The number of rotatable bonds is 5. The largest absolute Gasteiger partial charge is 0.378 e. The second kappa shape index (κ2) is 8.15. The molecule has 0 atom stereocenters. The minimum absolute atomic E-state index is 0.221. The molecule has 31 heavy (non-hydrogen) atoms. The van der Waals surface area contributed by atoms with Crippen molar-refractivity contribution in [3.8, 4) is 11.1 Å². The van der Waals surface area contributed by atoms with Crippen LogP contribution < -0.4 is 5.73 Å². The third kappa shape index (κ3) is 3.93. The van der Waals surface area contributed by atoms with Gasteiger partial charge in [-0.3, -0.25) is 0 Å². The van der Waals surface area contributed by atoms with Crippen LogP contribution >= 0.6 is 0 Å². The fraction of sp³-hybridized carbons (Fsp3) is 0.333. The Kier molecular flexibility index (Phi) is 5.19. The number of hydrogen-bond acceptors (Lipinski definition) is 4. The van der Waals surface area contributed by atoms with E-state index in [0.29, 0.717) is 37.0 Å². The van der Waals surface area contributed by atoms with Crippen LogP contribution in [0.15, 0.2) is 64.1 Å². The number of aromatic nitrogens is 1. The average molecular weight is 420 g/mol. The molecule has 1 aliphatic carbocycles. The first kappa shape index (κ1) is 19.8. The van der Waals surface area contributed by atoms with E-state index in [4.69, 9.17) is 15.0 Å². The summed E-state index contributed by atoms with van der Waals surface area (Å²) < 4.78 is 25.8. The highest BCUT2D eigenvalue weighted by atomic mass is 19.1. The smallest absolute Gasteiger partial charge is 0.191 e. The first-order valence-electron chi connectivity index (χ1n) is 10.6. The molecular weight excluding hydrogens is 395 g/mol. The lowest BCUT2D eigenvalue weighted by molar-refractivity contribution is 0.0674. The van der Waals surface area contributed by atoms with Crippen LogP contribution in [-0.4, -0.2) is 42.3 Å². The molecule has 1 saturated heterocycles. The summed E-state index contributed by atoms with van der Waals surface area (Å²) in [6, 6.07) is 17.0. The fourth-order valence-electron chi connectivity index (χ4n) is 4.15. The van der Waals surface area contributed by atoms with Crippen LogP contribution in [0.4, 0.5) is 4.39 Å². The average Bonchev–Trinajstić information content (AvgIpc) is 3.49. The normalized spacial score (nSPS) is 18.2. The fourth-order valence-corrected chi connectivity index (χ4v) is 4.15. The molecule has 0 unspecified atom stereocenters. The third-order valence-electron chi connectivity index (χ3n) is 6.14. The molecule has 1 saturated carbocycles. The summed E-state index contributed by atoms with van der Waals surface area (Å²) in [7, 11) is 0. The van der Waals surface area contributed by atoms with Gasteiger partial charge < -0.3 is 19.9 Å². The Hall–Kier alpha value is -3.19. The van der Waals surface area contributed by atoms with Gasteiger partial charge in [-0.15, -0.1) is 0 Å². The van der Waals surface area contributed by atoms with Crippen LogP contribution in [-0.2, 0) is 16.7 Å². The van der Waals surface area contributed by atoms with E-state index in [1.807, 2.05) is 53.4 Å². The van der Waals surface area contributed by atoms with Crippen molar-refractivity contribution in [1.82, 2.24) is 10.1 Å². The number of hydrogen-bond donors (Lipinski definition) is 1. The summed E-state index contributed by atoms with van der Waals surface area (Å²) in [5.74, 6) is 0.918. The van der Waals surface area contributed by atoms with Crippen LogP contribution in [0.5, 0.6) is 0 Å². The van der Waals surface area contributed by atoms with Gasteiger partial charge in [0.15, 0.2) is 11.7 Å². The molecule has 1 aliphatic heterocycles. The predicted octanol–water partition coefficient (Wildman–Crippen LogP) is 3.71. The van der Waals surface area contributed by atoms with Crippen LogP contribution in [0, 0.1) is 5.82 Å². The lowest BCUT2D eigenvalue weighted by atomic mass is 9.90. The highest BCUT2D eigenvalue weighted by molar-refractivity contribution is 5.78. The second-order valence-electron chi connectivity index (χ2n) is 8.10. The summed E-state index contributed by atoms with van der Waals surface area (Å²) in [5.41, 5.74) is 9.04. The maximum atomic E-state index is 14.9. The molecule has 3 aromatic rings.